The average Bonchev–Trinajstić information content (AvgIpc) is 2.74. The molecule has 1 heterocycles. The molecule has 0 unspecified atom stereocenters. The van der Waals surface area contributed by atoms with Crippen molar-refractivity contribution >= 4 is 10.0 Å². The van der Waals surface area contributed by atoms with E-state index in [1.807, 2.05) is 13.8 Å². The first-order chi connectivity index (χ1) is 9.38. The van der Waals surface area contributed by atoms with Gasteiger partial charge in [-0.25, -0.2) is 13.1 Å². The monoisotopic (exact) mass is 300 g/mol. The van der Waals surface area contributed by atoms with Crippen molar-refractivity contribution < 1.29 is 8.42 Å². The molecule has 0 aliphatic heterocycles. The fourth-order valence-electron chi connectivity index (χ4n) is 2.41. The smallest absolute Gasteiger partial charge is 0.260 e. The second-order valence-electron chi connectivity index (χ2n) is 5.90. The van der Waals surface area contributed by atoms with Crippen molar-refractivity contribution in [3.8, 4) is 0 Å². The maximum atomic E-state index is 12.4. The predicted octanol–water partition coefficient (Wildman–Crippen LogP) is 1.30. The van der Waals surface area contributed by atoms with E-state index in [2.05, 4.69) is 27.2 Å². The predicted molar refractivity (Wildman–Crippen MR) is 77.9 cm³/mol. The molecule has 2 rings (SSSR count). The second kappa shape index (κ2) is 5.83. The Morgan fingerprint density at radius 2 is 2.10 bits per heavy atom. The van der Waals surface area contributed by atoms with Crippen LogP contribution in [0.25, 0.3) is 0 Å². The van der Waals surface area contributed by atoms with E-state index < -0.39 is 10.0 Å². The van der Waals surface area contributed by atoms with Crippen LogP contribution in [0.4, 0.5) is 0 Å². The van der Waals surface area contributed by atoms with E-state index >= 15 is 0 Å². The van der Waals surface area contributed by atoms with E-state index in [1.165, 1.54) is 6.42 Å². The number of rotatable bonds is 7. The van der Waals surface area contributed by atoms with Crippen LogP contribution in [0.2, 0.25) is 0 Å². The summed E-state index contributed by atoms with van der Waals surface area (Å²) >= 11 is 0. The topological polar surface area (TPSA) is 86.9 Å². The van der Waals surface area contributed by atoms with Gasteiger partial charge in [0, 0.05) is 24.3 Å². The zero-order chi connectivity index (χ0) is 14.8. The van der Waals surface area contributed by atoms with Gasteiger partial charge in [-0.3, -0.25) is 5.10 Å². The van der Waals surface area contributed by atoms with Crippen LogP contribution in [0.5, 0.6) is 0 Å². The van der Waals surface area contributed by atoms with Gasteiger partial charge in [0.25, 0.3) is 10.0 Å². The van der Waals surface area contributed by atoms with E-state index in [1.54, 1.807) is 0 Å². The van der Waals surface area contributed by atoms with Gasteiger partial charge in [0.05, 0.1) is 0 Å². The van der Waals surface area contributed by atoms with Gasteiger partial charge < -0.3 is 5.32 Å². The number of hydrogen-bond donors (Lipinski definition) is 3. The van der Waals surface area contributed by atoms with Crippen LogP contribution >= 0.6 is 0 Å². The third-order valence-electron chi connectivity index (χ3n) is 4.09. The normalized spacial score (nSPS) is 17.9. The van der Waals surface area contributed by atoms with Gasteiger partial charge in [-0.15, -0.1) is 0 Å². The lowest BCUT2D eigenvalue weighted by Gasteiger charge is -2.38. The first-order valence-electron chi connectivity index (χ1n) is 7.12. The fourth-order valence-corrected chi connectivity index (χ4v) is 3.80. The summed E-state index contributed by atoms with van der Waals surface area (Å²) in [5.41, 5.74) is 1.62. The molecule has 3 N–H and O–H groups in total. The lowest BCUT2D eigenvalue weighted by molar-refractivity contribution is 0.166. The van der Waals surface area contributed by atoms with Crippen LogP contribution in [-0.4, -0.2) is 31.7 Å². The number of sulfonamides is 1. The molecule has 6 nitrogen and oxygen atoms in total. The van der Waals surface area contributed by atoms with Crippen molar-refractivity contribution in [2.45, 2.75) is 51.6 Å². The Hall–Kier alpha value is -0.920. The van der Waals surface area contributed by atoms with Crippen LogP contribution in [0.15, 0.2) is 5.03 Å². The van der Waals surface area contributed by atoms with Crippen LogP contribution in [0.1, 0.15) is 44.4 Å². The van der Waals surface area contributed by atoms with Crippen molar-refractivity contribution in [3.63, 3.8) is 0 Å². The van der Waals surface area contributed by atoms with E-state index in [9.17, 15) is 8.42 Å². The Morgan fingerprint density at radius 1 is 1.40 bits per heavy atom. The van der Waals surface area contributed by atoms with Crippen molar-refractivity contribution in [2.75, 3.05) is 13.1 Å². The first-order valence-corrected chi connectivity index (χ1v) is 8.60. The maximum Gasteiger partial charge on any atom is 0.260 e. The maximum absolute atomic E-state index is 12.4. The zero-order valence-electron chi connectivity index (χ0n) is 12.4. The van der Waals surface area contributed by atoms with Gasteiger partial charge in [0.15, 0.2) is 5.03 Å². The number of aromatic nitrogens is 2. The Kier molecular flexibility index (Phi) is 4.51. The van der Waals surface area contributed by atoms with E-state index in [0.717, 1.165) is 30.6 Å². The van der Waals surface area contributed by atoms with Gasteiger partial charge in [-0.1, -0.05) is 20.3 Å². The van der Waals surface area contributed by atoms with Gasteiger partial charge in [0.2, 0.25) is 0 Å². The van der Waals surface area contributed by atoms with E-state index in [4.69, 9.17) is 0 Å². The summed E-state index contributed by atoms with van der Waals surface area (Å²) in [6.07, 6.45) is 3.35. The Labute approximate surface area is 120 Å². The highest BCUT2D eigenvalue weighted by atomic mass is 32.2. The number of aromatic amines is 1. The van der Waals surface area contributed by atoms with Crippen molar-refractivity contribution in [1.29, 1.82) is 0 Å². The SMILES string of the molecule is CCNCc1c(S(=O)(=O)NCC2(C)CCC2)n[nH]c1C. The largest absolute Gasteiger partial charge is 0.313 e. The standard InChI is InChI=1S/C13H24N4O2S/c1-4-14-8-11-10(2)16-17-12(11)20(18,19)15-9-13(3)6-5-7-13/h14-15H,4-9H2,1-3H3,(H,16,17). The number of nitrogens with zero attached hydrogens (tertiary/aromatic N) is 1. The first kappa shape index (κ1) is 15.5. The van der Waals surface area contributed by atoms with Gasteiger partial charge in [-0.2, -0.15) is 5.10 Å². The van der Waals surface area contributed by atoms with E-state index in [0.29, 0.717) is 13.1 Å². The molecule has 1 fully saturated rings. The molecule has 0 saturated heterocycles. The highest BCUT2D eigenvalue weighted by molar-refractivity contribution is 7.89. The lowest BCUT2D eigenvalue weighted by Crippen LogP contribution is -2.40. The molecule has 0 spiro atoms. The number of hydrogen-bond acceptors (Lipinski definition) is 4. The molecule has 0 aromatic carbocycles. The third kappa shape index (κ3) is 3.21. The minimum Gasteiger partial charge on any atom is -0.313 e. The molecular weight excluding hydrogens is 276 g/mol. The molecule has 7 heteroatoms. The highest BCUT2D eigenvalue weighted by Crippen LogP contribution is 2.39. The minimum atomic E-state index is -3.54. The Morgan fingerprint density at radius 3 is 2.65 bits per heavy atom. The molecule has 1 aliphatic carbocycles. The van der Waals surface area contributed by atoms with Crippen LogP contribution < -0.4 is 10.0 Å². The summed E-state index contributed by atoms with van der Waals surface area (Å²) < 4.78 is 27.5. The van der Waals surface area contributed by atoms with Crippen LogP contribution in [-0.2, 0) is 16.6 Å². The van der Waals surface area contributed by atoms with Gasteiger partial charge in [-0.05, 0) is 31.7 Å². The number of aryl methyl sites for hydroxylation is 1. The van der Waals surface area contributed by atoms with Crippen LogP contribution in [0.3, 0.4) is 0 Å². The molecule has 20 heavy (non-hydrogen) atoms. The zero-order valence-corrected chi connectivity index (χ0v) is 13.2. The summed E-state index contributed by atoms with van der Waals surface area (Å²) in [5.74, 6) is 0. The summed E-state index contributed by atoms with van der Waals surface area (Å²) in [6, 6.07) is 0. The Balaban J connectivity index is 2.12. The molecule has 1 saturated carbocycles. The van der Waals surface area contributed by atoms with Gasteiger partial charge in [0.1, 0.15) is 0 Å². The second-order valence-corrected chi connectivity index (χ2v) is 7.58. The molecule has 114 valence electrons. The minimum absolute atomic E-state index is 0.111. The molecule has 0 bridgehead atoms. The number of nitrogens with one attached hydrogen (secondary N) is 3. The molecular formula is C13H24N4O2S. The van der Waals surface area contributed by atoms with Crippen molar-refractivity contribution in [2.24, 2.45) is 5.41 Å². The van der Waals surface area contributed by atoms with E-state index in [-0.39, 0.29) is 10.4 Å². The lowest BCUT2D eigenvalue weighted by atomic mass is 9.71. The molecule has 0 atom stereocenters. The summed E-state index contributed by atoms with van der Waals surface area (Å²) in [5, 5.41) is 10.0. The number of H-pyrrole nitrogens is 1. The highest BCUT2D eigenvalue weighted by Gasteiger charge is 2.34. The quantitative estimate of drug-likeness (QED) is 0.708. The average molecular weight is 300 g/mol. The van der Waals surface area contributed by atoms with Crippen molar-refractivity contribution in [3.05, 3.63) is 11.3 Å². The molecule has 1 aliphatic rings. The molecule has 1 aromatic heterocycles. The summed E-state index contributed by atoms with van der Waals surface area (Å²) in [7, 11) is -3.54. The Bertz CT molecular complexity index is 561. The van der Waals surface area contributed by atoms with Crippen LogP contribution in [0, 0.1) is 12.3 Å². The molecule has 0 amide bonds. The molecule has 0 radical (unpaired) electrons. The third-order valence-corrected chi connectivity index (χ3v) is 5.46. The fraction of sp³-hybridized carbons (Fsp3) is 0.769. The van der Waals surface area contributed by atoms with Crippen molar-refractivity contribution in [1.82, 2.24) is 20.2 Å². The summed E-state index contributed by atoms with van der Waals surface area (Å²) in [6.45, 7) is 7.73. The van der Waals surface area contributed by atoms with Gasteiger partial charge >= 0.3 is 0 Å². The summed E-state index contributed by atoms with van der Waals surface area (Å²) in [4.78, 5) is 0. The molecule has 1 aromatic rings.